The van der Waals surface area contributed by atoms with Crippen molar-refractivity contribution in [2.45, 2.75) is 32.2 Å². The minimum Gasteiger partial charge on any atom is -0.480 e. The first kappa shape index (κ1) is 14.4. The Morgan fingerprint density at radius 2 is 2.35 bits per heavy atom. The molecular weight excluding hydrogens is 282 g/mol. The lowest BCUT2D eigenvalue weighted by molar-refractivity contribution is -0.141. The van der Waals surface area contributed by atoms with Crippen LogP contribution in [0.25, 0.3) is 0 Å². The van der Waals surface area contributed by atoms with Crippen molar-refractivity contribution in [2.24, 2.45) is 0 Å². The molecule has 0 bridgehead atoms. The highest BCUT2D eigenvalue weighted by atomic mass is 32.1. The van der Waals surface area contributed by atoms with Crippen LogP contribution in [0.3, 0.4) is 0 Å². The molecule has 0 radical (unpaired) electrons. The zero-order valence-corrected chi connectivity index (χ0v) is 11.8. The van der Waals surface area contributed by atoms with Crippen LogP contribution in [0.2, 0.25) is 0 Å². The zero-order chi connectivity index (χ0) is 14.7. The van der Waals surface area contributed by atoms with Crippen LogP contribution >= 0.6 is 11.3 Å². The lowest BCUT2D eigenvalue weighted by Crippen LogP contribution is -2.39. The standard InChI is InChI=1S/C12H15N3O4S/c1-7(11(18)19)13-9(16)5-8-6-20-12(14-8)15-4-2-3-10(15)17/h6-7H,2-5H2,1H3,(H,13,16)(H,18,19). The molecule has 20 heavy (non-hydrogen) atoms. The van der Waals surface area contributed by atoms with E-state index in [2.05, 4.69) is 10.3 Å². The number of nitrogens with one attached hydrogen (secondary N) is 1. The first-order valence-corrected chi connectivity index (χ1v) is 7.12. The fourth-order valence-electron chi connectivity index (χ4n) is 1.87. The minimum absolute atomic E-state index is 0.0101. The summed E-state index contributed by atoms with van der Waals surface area (Å²) in [6, 6.07) is -0.930. The van der Waals surface area contributed by atoms with Gasteiger partial charge in [0.2, 0.25) is 11.8 Å². The fourth-order valence-corrected chi connectivity index (χ4v) is 2.74. The summed E-state index contributed by atoms with van der Waals surface area (Å²) in [6.45, 7) is 2.06. The molecule has 1 unspecified atom stereocenters. The Labute approximate surface area is 119 Å². The molecule has 2 rings (SSSR count). The minimum atomic E-state index is -1.08. The molecule has 108 valence electrons. The van der Waals surface area contributed by atoms with Crippen LogP contribution in [0.5, 0.6) is 0 Å². The SMILES string of the molecule is CC(NC(=O)Cc1csc(N2CCCC2=O)n1)C(=O)O. The van der Waals surface area contributed by atoms with E-state index in [4.69, 9.17) is 5.11 Å². The summed E-state index contributed by atoms with van der Waals surface area (Å²) in [5.41, 5.74) is 0.541. The lowest BCUT2D eigenvalue weighted by atomic mass is 10.3. The third kappa shape index (κ3) is 3.32. The van der Waals surface area contributed by atoms with Gasteiger partial charge in [0.1, 0.15) is 6.04 Å². The number of carboxylic acid groups (broad SMARTS) is 1. The summed E-state index contributed by atoms with van der Waals surface area (Å²) in [6.07, 6.45) is 1.37. The first-order chi connectivity index (χ1) is 9.47. The summed E-state index contributed by atoms with van der Waals surface area (Å²) < 4.78 is 0. The predicted octanol–water partition coefficient (Wildman–Crippen LogP) is 0.402. The molecule has 1 fully saturated rings. The van der Waals surface area contributed by atoms with E-state index in [1.54, 1.807) is 10.3 Å². The summed E-state index contributed by atoms with van der Waals surface area (Å²) in [7, 11) is 0. The maximum absolute atomic E-state index is 11.6. The first-order valence-electron chi connectivity index (χ1n) is 6.24. The molecule has 8 heteroatoms. The monoisotopic (exact) mass is 297 g/mol. The number of carbonyl (C=O) groups excluding carboxylic acids is 2. The Hall–Kier alpha value is -1.96. The molecule has 0 saturated carbocycles. The Balaban J connectivity index is 1.94. The van der Waals surface area contributed by atoms with E-state index < -0.39 is 17.9 Å². The van der Waals surface area contributed by atoms with Crippen LogP contribution in [0.4, 0.5) is 5.13 Å². The van der Waals surface area contributed by atoms with E-state index in [0.717, 1.165) is 6.42 Å². The van der Waals surface area contributed by atoms with Gasteiger partial charge in [0.25, 0.3) is 0 Å². The normalized spacial score (nSPS) is 16.2. The Morgan fingerprint density at radius 1 is 1.60 bits per heavy atom. The number of carbonyl (C=O) groups is 3. The van der Waals surface area contributed by atoms with Gasteiger partial charge in [-0.05, 0) is 13.3 Å². The van der Waals surface area contributed by atoms with E-state index >= 15 is 0 Å². The van der Waals surface area contributed by atoms with E-state index in [-0.39, 0.29) is 12.3 Å². The van der Waals surface area contributed by atoms with Crippen molar-refractivity contribution in [3.05, 3.63) is 11.1 Å². The van der Waals surface area contributed by atoms with Crippen molar-refractivity contribution in [1.82, 2.24) is 10.3 Å². The second kappa shape index (κ2) is 6.00. The number of carboxylic acids is 1. The molecule has 2 heterocycles. The van der Waals surface area contributed by atoms with E-state index in [9.17, 15) is 14.4 Å². The van der Waals surface area contributed by atoms with Gasteiger partial charge in [-0.1, -0.05) is 0 Å². The van der Waals surface area contributed by atoms with E-state index in [0.29, 0.717) is 23.8 Å². The van der Waals surface area contributed by atoms with Crippen LogP contribution in [-0.4, -0.2) is 40.5 Å². The highest BCUT2D eigenvalue weighted by Gasteiger charge is 2.24. The summed E-state index contributed by atoms with van der Waals surface area (Å²) in [4.78, 5) is 39.7. The van der Waals surface area contributed by atoms with Crippen LogP contribution in [0, 0.1) is 0 Å². The van der Waals surface area contributed by atoms with Crippen LogP contribution in [-0.2, 0) is 20.8 Å². The molecule has 2 amide bonds. The molecule has 1 atom stereocenters. The molecule has 1 aliphatic heterocycles. The van der Waals surface area contributed by atoms with Gasteiger partial charge in [-0.3, -0.25) is 19.3 Å². The number of thiazole rings is 1. The largest absolute Gasteiger partial charge is 0.480 e. The van der Waals surface area contributed by atoms with Gasteiger partial charge in [-0.2, -0.15) is 0 Å². The van der Waals surface area contributed by atoms with Crippen LogP contribution in [0.1, 0.15) is 25.5 Å². The maximum atomic E-state index is 11.6. The summed E-state index contributed by atoms with van der Waals surface area (Å²) in [5, 5.41) is 13.4. The number of anilines is 1. The van der Waals surface area contributed by atoms with Gasteiger partial charge in [-0.15, -0.1) is 11.3 Å². The van der Waals surface area contributed by atoms with Gasteiger partial charge in [0.05, 0.1) is 12.1 Å². The average molecular weight is 297 g/mol. The summed E-state index contributed by atoms with van der Waals surface area (Å²) in [5.74, 6) is -1.43. The molecule has 1 aromatic rings. The van der Waals surface area contributed by atoms with E-state index in [1.807, 2.05) is 0 Å². The van der Waals surface area contributed by atoms with Gasteiger partial charge in [-0.25, -0.2) is 4.98 Å². The lowest BCUT2D eigenvalue weighted by Gasteiger charge is -2.10. The van der Waals surface area contributed by atoms with Crippen LogP contribution in [0.15, 0.2) is 5.38 Å². The zero-order valence-electron chi connectivity index (χ0n) is 11.0. The Kier molecular flexibility index (Phi) is 4.33. The number of aliphatic carboxylic acids is 1. The third-order valence-corrected chi connectivity index (χ3v) is 3.85. The second-order valence-corrected chi connectivity index (χ2v) is 5.41. The van der Waals surface area contributed by atoms with Gasteiger partial charge in [0, 0.05) is 18.3 Å². The van der Waals surface area contributed by atoms with Crippen molar-refractivity contribution in [2.75, 3.05) is 11.4 Å². The Morgan fingerprint density at radius 3 is 2.95 bits per heavy atom. The molecule has 1 aliphatic rings. The number of hydrogen-bond acceptors (Lipinski definition) is 5. The van der Waals surface area contributed by atoms with E-state index in [1.165, 1.54) is 18.3 Å². The number of nitrogens with zero attached hydrogens (tertiary/aromatic N) is 2. The maximum Gasteiger partial charge on any atom is 0.325 e. The average Bonchev–Trinajstić information content (AvgIpc) is 2.97. The topological polar surface area (TPSA) is 99.6 Å². The second-order valence-electron chi connectivity index (χ2n) is 4.57. The number of aromatic nitrogens is 1. The molecule has 1 saturated heterocycles. The molecule has 0 aliphatic carbocycles. The molecule has 1 aromatic heterocycles. The van der Waals surface area contributed by atoms with Gasteiger partial charge >= 0.3 is 5.97 Å². The van der Waals surface area contributed by atoms with Crippen molar-refractivity contribution in [1.29, 1.82) is 0 Å². The molecule has 2 N–H and O–H groups in total. The highest BCUT2D eigenvalue weighted by Crippen LogP contribution is 2.25. The van der Waals surface area contributed by atoms with Gasteiger partial charge < -0.3 is 10.4 Å². The molecule has 0 aromatic carbocycles. The quantitative estimate of drug-likeness (QED) is 0.819. The molecular formula is C12H15N3O4S. The van der Waals surface area contributed by atoms with Crippen molar-refractivity contribution in [3.63, 3.8) is 0 Å². The highest BCUT2D eigenvalue weighted by molar-refractivity contribution is 7.14. The number of hydrogen-bond donors (Lipinski definition) is 2. The van der Waals surface area contributed by atoms with Crippen molar-refractivity contribution < 1.29 is 19.5 Å². The van der Waals surface area contributed by atoms with Gasteiger partial charge in [0.15, 0.2) is 5.13 Å². The molecule has 7 nitrogen and oxygen atoms in total. The van der Waals surface area contributed by atoms with Crippen LogP contribution < -0.4 is 10.2 Å². The number of amides is 2. The predicted molar refractivity (Wildman–Crippen MR) is 72.6 cm³/mol. The van der Waals surface area contributed by atoms with Crippen molar-refractivity contribution in [3.8, 4) is 0 Å². The summed E-state index contributed by atoms with van der Waals surface area (Å²) >= 11 is 1.32. The Bertz CT molecular complexity index is 543. The fraction of sp³-hybridized carbons (Fsp3) is 0.500. The smallest absolute Gasteiger partial charge is 0.325 e. The molecule has 0 spiro atoms. The third-order valence-electron chi connectivity index (χ3n) is 2.93. The van der Waals surface area contributed by atoms with Crippen molar-refractivity contribution >= 4 is 34.3 Å². The number of rotatable bonds is 5.